The summed E-state index contributed by atoms with van der Waals surface area (Å²) in [5.74, 6) is 1.06. The molecule has 0 radical (unpaired) electrons. The molecule has 0 saturated heterocycles. The van der Waals surface area contributed by atoms with Crippen molar-refractivity contribution < 1.29 is 0 Å². The quantitative estimate of drug-likeness (QED) is 0.722. The van der Waals surface area contributed by atoms with Crippen molar-refractivity contribution in [3.63, 3.8) is 0 Å². The molecule has 15 heavy (non-hydrogen) atoms. The van der Waals surface area contributed by atoms with Crippen LogP contribution in [0, 0.1) is 0 Å². The van der Waals surface area contributed by atoms with Crippen LogP contribution in [-0.2, 0) is 0 Å². The number of hydrogen-bond acceptors (Lipinski definition) is 2. The van der Waals surface area contributed by atoms with Crippen LogP contribution in [0.1, 0.15) is 50.8 Å². The predicted octanol–water partition coefficient (Wildman–Crippen LogP) is 4.54. The third kappa shape index (κ3) is 1.78. The number of thiophene rings is 1. The average molecular weight is 219 g/mol. The zero-order valence-electron chi connectivity index (χ0n) is 9.74. The molecule has 2 rings (SSSR count). The van der Waals surface area contributed by atoms with Gasteiger partial charge in [-0.05, 0) is 28.8 Å². The van der Waals surface area contributed by atoms with Crippen LogP contribution in [0.15, 0.2) is 17.6 Å². The van der Waals surface area contributed by atoms with Crippen LogP contribution in [0.3, 0.4) is 0 Å². The van der Waals surface area contributed by atoms with Gasteiger partial charge in [-0.25, -0.2) is 0 Å². The van der Waals surface area contributed by atoms with Crippen LogP contribution in [0.4, 0.5) is 0 Å². The lowest BCUT2D eigenvalue weighted by molar-refractivity contribution is 0.819. The molecule has 0 aromatic carbocycles. The highest BCUT2D eigenvalue weighted by molar-refractivity contribution is 7.17. The Balaban J connectivity index is 2.71. The second kappa shape index (κ2) is 3.93. The maximum Gasteiger partial charge on any atom is 0.0515 e. The van der Waals surface area contributed by atoms with E-state index in [0.29, 0.717) is 11.8 Å². The molecule has 0 aliphatic carbocycles. The molecule has 1 nitrogen and oxygen atoms in total. The normalized spacial score (nSPS) is 11.9. The highest BCUT2D eigenvalue weighted by Gasteiger charge is 2.12. The first-order chi connectivity index (χ1) is 7.11. The zero-order chi connectivity index (χ0) is 11.0. The Morgan fingerprint density at radius 3 is 2.47 bits per heavy atom. The molecule has 0 N–H and O–H groups in total. The van der Waals surface area contributed by atoms with Crippen LogP contribution in [0.25, 0.3) is 10.1 Å². The highest BCUT2D eigenvalue weighted by Crippen LogP contribution is 2.33. The second-order valence-electron chi connectivity index (χ2n) is 4.57. The summed E-state index contributed by atoms with van der Waals surface area (Å²) in [4.78, 5) is 4.61. The van der Waals surface area contributed by atoms with Crippen LogP contribution in [-0.4, -0.2) is 4.98 Å². The standard InChI is InChI=1S/C13H17NS/c1-8(2)11-7-14-12(9(3)4)10-5-6-15-13(10)11/h5-9H,1-4H3. The Labute approximate surface area is 95.2 Å². The van der Waals surface area contributed by atoms with Gasteiger partial charge in [-0.2, -0.15) is 0 Å². The fourth-order valence-electron chi connectivity index (χ4n) is 1.87. The van der Waals surface area contributed by atoms with E-state index < -0.39 is 0 Å². The van der Waals surface area contributed by atoms with Gasteiger partial charge in [0, 0.05) is 16.3 Å². The van der Waals surface area contributed by atoms with Gasteiger partial charge in [0.05, 0.1) is 5.69 Å². The Kier molecular flexibility index (Phi) is 2.79. The van der Waals surface area contributed by atoms with E-state index in [1.807, 2.05) is 11.3 Å². The molecular weight excluding hydrogens is 202 g/mol. The Bertz CT molecular complexity index is 426. The van der Waals surface area contributed by atoms with Crippen molar-refractivity contribution >= 4 is 21.4 Å². The summed E-state index contributed by atoms with van der Waals surface area (Å²) in [7, 11) is 0. The van der Waals surface area contributed by atoms with Gasteiger partial charge in [0.15, 0.2) is 0 Å². The lowest BCUT2D eigenvalue weighted by Gasteiger charge is -2.11. The number of nitrogens with zero attached hydrogens (tertiary/aromatic N) is 1. The summed E-state index contributed by atoms with van der Waals surface area (Å²) in [6.45, 7) is 8.86. The van der Waals surface area contributed by atoms with E-state index in [-0.39, 0.29) is 0 Å². The molecule has 2 heteroatoms. The largest absolute Gasteiger partial charge is 0.260 e. The number of fused-ring (bicyclic) bond motifs is 1. The summed E-state index contributed by atoms with van der Waals surface area (Å²) in [5, 5.41) is 3.52. The first kappa shape index (κ1) is 10.6. The maximum atomic E-state index is 4.61. The van der Waals surface area contributed by atoms with E-state index in [2.05, 4.69) is 50.3 Å². The predicted molar refractivity (Wildman–Crippen MR) is 67.8 cm³/mol. The van der Waals surface area contributed by atoms with E-state index in [4.69, 9.17) is 0 Å². The van der Waals surface area contributed by atoms with E-state index in [0.717, 1.165) is 0 Å². The molecule has 2 aromatic heterocycles. The van der Waals surface area contributed by atoms with Crippen LogP contribution in [0.2, 0.25) is 0 Å². The van der Waals surface area contributed by atoms with Crippen LogP contribution < -0.4 is 0 Å². The summed E-state index contributed by atoms with van der Waals surface area (Å²) in [6, 6.07) is 2.20. The molecule has 0 amide bonds. The minimum Gasteiger partial charge on any atom is -0.260 e. The van der Waals surface area contributed by atoms with Gasteiger partial charge in [0.1, 0.15) is 0 Å². The molecule has 0 atom stereocenters. The van der Waals surface area contributed by atoms with Crippen LogP contribution >= 0.6 is 11.3 Å². The van der Waals surface area contributed by atoms with Crippen molar-refractivity contribution in [2.45, 2.75) is 39.5 Å². The summed E-state index contributed by atoms with van der Waals surface area (Å²) >= 11 is 1.83. The minimum atomic E-state index is 0.503. The number of hydrogen-bond donors (Lipinski definition) is 0. The lowest BCUT2D eigenvalue weighted by Crippen LogP contribution is -1.96. The van der Waals surface area contributed by atoms with E-state index in [1.165, 1.54) is 21.3 Å². The van der Waals surface area contributed by atoms with Gasteiger partial charge in [-0.1, -0.05) is 27.7 Å². The monoisotopic (exact) mass is 219 g/mol. The van der Waals surface area contributed by atoms with Crippen molar-refractivity contribution in [1.82, 2.24) is 4.98 Å². The Hall–Kier alpha value is -0.890. The van der Waals surface area contributed by atoms with Gasteiger partial charge in [0.2, 0.25) is 0 Å². The third-order valence-electron chi connectivity index (χ3n) is 2.71. The fourth-order valence-corrected chi connectivity index (χ4v) is 2.94. The molecule has 2 aromatic rings. The van der Waals surface area contributed by atoms with Crippen molar-refractivity contribution in [3.05, 3.63) is 28.9 Å². The van der Waals surface area contributed by atoms with Gasteiger partial charge in [-0.3, -0.25) is 4.98 Å². The minimum absolute atomic E-state index is 0.503. The molecule has 0 bridgehead atoms. The molecule has 0 aliphatic heterocycles. The van der Waals surface area contributed by atoms with Crippen molar-refractivity contribution in [2.75, 3.05) is 0 Å². The number of pyridine rings is 1. The fraction of sp³-hybridized carbons (Fsp3) is 0.462. The van der Waals surface area contributed by atoms with Gasteiger partial charge in [-0.15, -0.1) is 11.3 Å². The van der Waals surface area contributed by atoms with Gasteiger partial charge in [0.25, 0.3) is 0 Å². The smallest absolute Gasteiger partial charge is 0.0515 e. The van der Waals surface area contributed by atoms with E-state index >= 15 is 0 Å². The number of aromatic nitrogens is 1. The SMILES string of the molecule is CC(C)c1ncc(C(C)C)c2sccc12. The average Bonchev–Trinajstić information content (AvgIpc) is 2.63. The second-order valence-corrected chi connectivity index (χ2v) is 5.49. The van der Waals surface area contributed by atoms with Gasteiger partial charge >= 0.3 is 0 Å². The third-order valence-corrected chi connectivity index (χ3v) is 3.68. The molecule has 0 fully saturated rings. The Morgan fingerprint density at radius 1 is 1.13 bits per heavy atom. The summed E-state index contributed by atoms with van der Waals surface area (Å²) in [6.07, 6.45) is 2.05. The van der Waals surface area contributed by atoms with Crippen molar-refractivity contribution in [1.29, 1.82) is 0 Å². The lowest BCUT2D eigenvalue weighted by atomic mass is 10.00. The Morgan fingerprint density at radius 2 is 1.87 bits per heavy atom. The molecule has 0 unspecified atom stereocenters. The summed E-state index contributed by atoms with van der Waals surface area (Å²) < 4.78 is 1.42. The first-order valence-electron chi connectivity index (χ1n) is 5.47. The first-order valence-corrected chi connectivity index (χ1v) is 6.35. The summed E-state index contributed by atoms with van der Waals surface area (Å²) in [5.41, 5.74) is 2.61. The van der Waals surface area contributed by atoms with Crippen molar-refractivity contribution in [3.8, 4) is 0 Å². The topological polar surface area (TPSA) is 12.9 Å². The maximum absolute atomic E-state index is 4.61. The van der Waals surface area contributed by atoms with Crippen LogP contribution in [0.5, 0.6) is 0 Å². The molecular formula is C13H17NS. The molecule has 0 saturated carbocycles. The molecule has 0 spiro atoms. The van der Waals surface area contributed by atoms with E-state index in [1.54, 1.807) is 0 Å². The molecule has 0 aliphatic rings. The molecule has 80 valence electrons. The molecule has 2 heterocycles. The zero-order valence-corrected chi connectivity index (χ0v) is 10.6. The van der Waals surface area contributed by atoms with Crippen molar-refractivity contribution in [2.24, 2.45) is 0 Å². The van der Waals surface area contributed by atoms with E-state index in [9.17, 15) is 0 Å². The van der Waals surface area contributed by atoms with Gasteiger partial charge < -0.3 is 0 Å². The highest BCUT2D eigenvalue weighted by atomic mass is 32.1. The number of rotatable bonds is 2.